The summed E-state index contributed by atoms with van der Waals surface area (Å²) in [5.41, 5.74) is 0. The first-order valence-electron chi connectivity index (χ1n) is 1.83. The van der Waals surface area contributed by atoms with Gasteiger partial charge >= 0.3 is 57.2 Å². The Balaban J connectivity index is 0.000000640. The fourth-order valence-corrected chi connectivity index (χ4v) is 0.289. The molecule has 0 aliphatic carbocycles. The van der Waals surface area contributed by atoms with Crippen molar-refractivity contribution in [2.75, 3.05) is 0 Å². The maximum atomic E-state index is 9.86. The third-order valence-electron chi connectivity index (χ3n) is 0.600. The number of nitrogens with zero attached hydrogens (tertiary/aromatic N) is 3. The Bertz CT molecular complexity index is 184. The van der Waals surface area contributed by atoms with Crippen molar-refractivity contribution in [1.29, 1.82) is 0 Å². The summed E-state index contributed by atoms with van der Waals surface area (Å²) in [6.07, 6.45) is 1.17. The van der Waals surface area contributed by atoms with Crippen LogP contribution in [0.15, 0.2) is 6.20 Å². The van der Waals surface area contributed by atoms with Crippen LogP contribution < -0.4 is 0 Å². The van der Waals surface area contributed by atoms with Gasteiger partial charge < -0.3 is 5.21 Å². The SMILES string of the molecule is O=[N+](O)c1c[nH]nn1.[KH]. The fraction of sp³-hybridized carbons (Fsp3) is 0. The van der Waals surface area contributed by atoms with E-state index in [1.54, 1.807) is 0 Å². The number of aromatic nitrogens is 3. The molecule has 0 spiro atoms. The van der Waals surface area contributed by atoms with Gasteiger partial charge in [0, 0.05) is 5.21 Å². The minimum absolute atomic E-state index is 0. The van der Waals surface area contributed by atoms with Crippen molar-refractivity contribution in [3.05, 3.63) is 11.1 Å². The van der Waals surface area contributed by atoms with Crippen molar-refractivity contribution >= 4 is 57.2 Å². The second-order valence-electron chi connectivity index (χ2n) is 1.10. The summed E-state index contributed by atoms with van der Waals surface area (Å²) in [5, 5.41) is 16.7. The molecule has 1 aromatic heterocycles. The standard InChI is InChI=1S/C2H3N4O2.K.H/c7-6(8)2-1-3-5-4-2;;/h1H,(H,7,8)(H,3,4,5);;/q+1;;. The molecule has 0 saturated carbocycles. The Morgan fingerprint density at radius 2 is 2.44 bits per heavy atom. The van der Waals surface area contributed by atoms with Crippen LogP contribution in [0.2, 0.25) is 0 Å². The molecule has 0 aliphatic rings. The van der Waals surface area contributed by atoms with E-state index in [1.165, 1.54) is 6.20 Å². The summed E-state index contributed by atoms with van der Waals surface area (Å²) < 4.78 is 0. The third-order valence-corrected chi connectivity index (χ3v) is 0.600. The van der Waals surface area contributed by atoms with Gasteiger partial charge in [-0.1, -0.05) is 0 Å². The number of H-pyrrole nitrogens is 1. The van der Waals surface area contributed by atoms with E-state index in [0.717, 1.165) is 0 Å². The van der Waals surface area contributed by atoms with E-state index < -0.39 is 0 Å². The quantitative estimate of drug-likeness (QED) is 0.400. The predicted octanol–water partition coefficient (Wildman–Crippen LogP) is -1.04. The van der Waals surface area contributed by atoms with Gasteiger partial charge in [-0.15, -0.1) is 0 Å². The van der Waals surface area contributed by atoms with Crippen LogP contribution >= 0.6 is 0 Å². The fourth-order valence-electron chi connectivity index (χ4n) is 0.289. The Morgan fingerprint density at radius 3 is 2.67 bits per heavy atom. The summed E-state index contributed by atoms with van der Waals surface area (Å²) in [6, 6.07) is 0. The maximum absolute atomic E-state index is 9.86. The molecule has 0 amide bonds. The molecule has 0 radical (unpaired) electrons. The molecule has 6 nitrogen and oxygen atoms in total. The third kappa shape index (κ3) is 2.50. The normalized spacial score (nSPS) is 8.00. The van der Waals surface area contributed by atoms with E-state index in [0.29, 0.717) is 0 Å². The van der Waals surface area contributed by atoms with Crippen LogP contribution in [-0.4, -0.2) is 76.9 Å². The van der Waals surface area contributed by atoms with Crippen LogP contribution in [0.1, 0.15) is 0 Å². The summed E-state index contributed by atoms with van der Waals surface area (Å²) >= 11 is 0. The first kappa shape index (κ1) is 9.18. The zero-order chi connectivity index (χ0) is 5.98. The average Bonchev–Trinajstić information content (AvgIpc) is 2.12. The molecule has 0 saturated heterocycles. The molecule has 2 N–H and O–H groups in total. The summed E-state index contributed by atoms with van der Waals surface area (Å²) in [6.45, 7) is 0. The van der Waals surface area contributed by atoms with Gasteiger partial charge in [0.25, 0.3) is 0 Å². The number of hydrogen-bond acceptors (Lipinski definition) is 3. The Hall–Kier alpha value is 0.176. The molecule has 0 unspecified atom stereocenters. The first-order chi connectivity index (χ1) is 3.80. The van der Waals surface area contributed by atoms with Crippen LogP contribution in [0.3, 0.4) is 0 Å². The molecule has 9 heavy (non-hydrogen) atoms. The molecular formula is C2H4KN4O2+. The number of rotatable bonds is 1. The van der Waals surface area contributed by atoms with Crippen LogP contribution in [0, 0.1) is 4.91 Å². The van der Waals surface area contributed by atoms with Crippen molar-refractivity contribution in [1.82, 2.24) is 15.4 Å². The zero-order valence-electron chi connectivity index (χ0n) is 3.77. The molecule has 1 heterocycles. The monoisotopic (exact) mass is 155 g/mol. The summed E-state index contributed by atoms with van der Waals surface area (Å²) in [7, 11) is 0. The molecule has 0 fully saturated rings. The van der Waals surface area contributed by atoms with Crippen molar-refractivity contribution < 1.29 is 10.1 Å². The Morgan fingerprint density at radius 1 is 1.78 bits per heavy atom. The van der Waals surface area contributed by atoms with Crippen molar-refractivity contribution in [2.45, 2.75) is 0 Å². The van der Waals surface area contributed by atoms with Gasteiger partial charge in [-0.25, -0.2) is 5.10 Å². The summed E-state index contributed by atoms with van der Waals surface area (Å²) in [5.74, 6) is -0.148. The Labute approximate surface area is 92.6 Å². The molecule has 0 aliphatic heterocycles. The van der Waals surface area contributed by atoms with Crippen LogP contribution in [0.5, 0.6) is 0 Å². The second-order valence-corrected chi connectivity index (χ2v) is 1.10. The molecule has 1 aromatic rings. The van der Waals surface area contributed by atoms with Gasteiger partial charge in [-0.05, 0) is 4.91 Å². The molecule has 1 rings (SSSR count). The van der Waals surface area contributed by atoms with Gasteiger partial charge in [0.05, 0.1) is 0 Å². The minimum atomic E-state index is -0.372. The number of hydrogen-bond donors (Lipinski definition) is 2. The molecule has 7 heteroatoms. The van der Waals surface area contributed by atoms with Crippen LogP contribution in [-0.2, 0) is 0 Å². The van der Waals surface area contributed by atoms with Gasteiger partial charge in [0.15, 0.2) is 4.92 Å². The van der Waals surface area contributed by atoms with E-state index in [2.05, 4.69) is 15.4 Å². The van der Waals surface area contributed by atoms with Crippen molar-refractivity contribution in [2.24, 2.45) is 0 Å². The van der Waals surface area contributed by atoms with E-state index in [4.69, 9.17) is 5.21 Å². The van der Waals surface area contributed by atoms with E-state index >= 15 is 0 Å². The van der Waals surface area contributed by atoms with Gasteiger partial charge in [0.2, 0.25) is 0 Å². The zero-order valence-corrected chi connectivity index (χ0v) is 3.77. The topological polar surface area (TPSA) is 81.9 Å². The van der Waals surface area contributed by atoms with E-state index in [1.807, 2.05) is 0 Å². The molecule has 0 bridgehead atoms. The molecule has 44 valence electrons. The number of aromatic amines is 1. The van der Waals surface area contributed by atoms with Gasteiger partial charge in [-0.2, -0.15) is 0 Å². The van der Waals surface area contributed by atoms with Crippen molar-refractivity contribution in [3.63, 3.8) is 0 Å². The molecule has 0 aromatic carbocycles. The van der Waals surface area contributed by atoms with Crippen LogP contribution in [0.25, 0.3) is 0 Å². The first-order valence-corrected chi connectivity index (χ1v) is 1.83. The molecule has 0 atom stereocenters. The van der Waals surface area contributed by atoms with Gasteiger partial charge in [-0.3, -0.25) is 0 Å². The number of nitrogens with one attached hydrogen (secondary N) is 1. The van der Waals surface area contributed by atoms with E-state index in [-0.39, 0.29) is 62.1 Å². The second kappa shape index (κ2) is 4.07. The summed E-state index contributed by atoms with van der Waals surface area (Å²) in [4.78, 5) is 9.48. The van der Waals surface area contributed by atoms with Crippen LogP contribution in [0.4, 0.5) is 5.82 Å². The van der Waals surface area contributed by atoms with Crippen molar-refractivity contribution in [3.8, 4) is 0 Å². The Kier molecular flexibility index (Phi) is 4.15. The van der Waals surface area contributed by atoms with Gasteiger partial charge in [0.1, 0.15) is 11.3 Å². The van der Waals surface area contributed by atoms with E-state index in [9.17, 15) is 4.91 Å². The molecular weight excluding hydrogens is 151 g/mol. The average molecular weight is 155 g/mol. The predicted molar refractivity (Wildman–Crippen MR) is 28.6 cm³/mol.